The van der Waals surface area contributed by atoms with Crippen LogP contribution in [0.1, 0.15) is 16.8 Å². The number of esters is 1. The molecule has 1 unspecified atom stereocenters. The molecule has 1 atom stereocenters. The van der Waals surface area contributed by atoms with Gasteiger partial charge in [-0.05, 0) is 24.6 Å². The van der Waals surface area contributed by atoms with Gasteiger partial charge in [-0.2, -0.15) is 0 Å². The Kier molecular flexibility index (Phi) is 3.50. The number of aliphatic carboxylic acids is 1. The normalized spacial score (nSPS) is 18.5. The Balaban J connectivity index is 2.26. The number of carboxylic acid groups (broad SMARTS) is 1. The Labute approximate surface area is 109 Å². The van der Waals surface area contributed by atoms with E-state index in [9.17, 15) is 14.4 Å². The molecular formula is C13H13NO5. The Morgan fingerprint density at radius 3 is 2.74 bits per heavy atom. The number of carbonyl (C=O) groups excluding carboxylic acids is 2. The molecule has 1 N–H and O–H groups in total. The number of hydrogen-bond donors (Lipinski definition) is 1. The predicted octanol–water partition coefficient (Wildman–Crippen LogP) is 0.911. The van der Waals surface area contributed by atoms with E-state index in [1.807, 2.05) is 0 Å². The van der Waals surface area contributed by atoms with Crippen molar-refractivity contribution in [2.45, 2.75) is 6.42 Å². The average molecular weight is 263 g/mol. The molecule has 19 heavy (non-hydrogen) atoms. The molecule has 2 rings (SSSR count). The number of nitrogens with zero attached hydrogens (tertiary/aromatic N) is 1. The molecule has 1 fully saturated rings. The van der Waals surface area contributed by atoms with Gasteiger partial charge in [0.25, 0.3) is 0 Å². The average Bonchev–Trinajstić information content (AvgIpc) is 2.80. The number of carbonyl (C=O) groups is 3. The monoisotopic (exact) mass is 263 g/mol. The summed E-state index contributed by atoms with van der Waals surface area (Å²) in [6, 6.07) is 6.38. The first-order valence-corrected chi connectivity index (χ1v) is 5.77. The highest BCUT2D eigenvalue weighted by atomic mass is 16.5. The standard InChI is InChI=1S/C13H13NO5/c1-19-13(18)8-3-2-4-9(7-8)14-6-5-10(11(14)15)12(16)17/h2-4,7,10H,5-6H2,1H3,(H,16,17). The molecule has 6 heteroatoms. The SMILES string of the molecule is COC(=O)c1cccc(N2CCC(C(=O)O)C2=O)c1. The molecule has 1 aliphatic rings. The van der Waals surface area contributed by atoms with Gasteiger partial charge in [0.1, 0.15) is 5.92 Å². The largest absolute Gasteiger partial charge is 0.481 e. The van der Waals surface area contributed by atoms with Crippen LogP contribution in [0.3, 0.4) is 0 Å². The summed E-state index contributed by atoms with van der Waals surface area (Å²) in [6.45, 7) is 0.334. The van der Waals surface area contributed by atoms with Crippen LogP contribution in [0, 0.1) is 5.92 Å². The van der Waals surface area contributed by atoms with E-state index in [0.29, 0.717) is 17.8 Å². The van der Waals surface area contributed by atoms with E-state index in [4.69, 9.17) is 5.11 Å². The van der Waals surface area contributed by atoms with E-state index < -0.39 is 23.8 Å². The highest BCUT2D eigenvalue weighted by Crippen LogP contribution is 2.26. The highest BCUT2D eigenvalue weighted by molar-refractivity contribution is 6.08. The molecule has 1 aromatic carbocycles. The molecule has 0 spiro atoms. The third-order valence-corrected chi connectivity index (χ3v) is 3.08. The minimum absolute atomic E-state index is 0.274. The zero-order valence-corrected chi connectivity index (χ0v) is 10.3. The summed E-state index contributed by atoms with van der Waals surface area (Å²) in [7, 11) is 1.27. The number of rotatable bonds is 3. The summed E-state index contributed by atoms with van der Waals surface area (Å²) in [6.07, 6.45) is 0.274. The van der Waals surface area contributed by atoms with Crippen LogP contribution in [0.4, 0.5) is 5.69 Å². The van der Waals surface area contributed by atoms with Crippen LogP contribution in [-0.4, -0.2) is 36.6 Å². The maximum atomic E-state index is 11.9. The van der Waals surface area contributed by atoms with Gasteiger partial charge in [-0.25, -0.2) is 4.79 Å². The van der Waals surface area contributed by atoms with Crippen LogP contribution in [0.5, 0.6) is 0 Å². The number of hydrogen-bond acceptors (Lipinski definition) is 4. The fraction of sp³-hybridized carbons (Fsp3) is 0.308. The second-order valence-electron chi connectivity index (χ2n) is 4.21. The molecule has 1 aliphatic heterocycles. The molecular weight excluding hydrogens is 250 g/mol. The minimum atomic E-state index is -1.11. The van der Waals surface area contributed by atoms with Gasteiger partial charge in [0, 0.05) is 12.2 Å². The lowest BCUT2D eigenvalue weighted by molar-refractivity contribution is -0.144. The number of benzene rings is 1. The second kappa shape index (κ2) is 5.09. The molecule has 0 bridgehead atoms. The lowest BCUT2D eigenvalue weighted by Crippen LogP contribution is -2.30. The zero-order valence-electron chi connectivity index (χ0n) is 10.3. The lowest BCUT2D eigenvalue weighted by Gasteiger charge is -2.16. The Morgan fingerprint density at radius 2 is 2.16 bits per heavy atom. The molecule has 0 aliphatic carbocycles. The summed E-state index contributed by atoms with van der Waals surface area (Å²) >= 11 is 0. The van der Waals surface area contributed by atoms with Crippen LogP contribution in [-0.2, 0) is 14.3 Å². The summed E-state index contributed by atoms with van der Waals surface area (Å²) in [5, 5.41) is 8.91. The van der Waals surface area contributed by atoms with Crippen molar-refractivity contribution in [2.75, 3.05) is 18.6 Å². The first-order valence-electron chi connectivity index (χ1n) is 5.77. The number of methoxy groups -OCH3 is 1. The molecule has 0 radical (unpaired) electrons. The quantitative estimate of drug-likeness (QED) is 0.647. The van der Waals surface area contributed by atoms with E-state index in [2.05, 4.69) is 4.74 Å². The maximum Gasteiger partial charge on any atom is 0.337 e. The molecule has 6 nitrogen and oxygen atoms in total. The second-order valence-corrected chi connectivity index (χ2v) is 4.21. The fourth-order valence-electron chi connectivity index (χ4n) is 2.08. The summed E-state index contributed by atoms with van der Waals surface area (Å²) in [5.74, 6) is -3.06. The van der Waals surface area contributed by atoms with E-state index in [-0.39, 0.29) is 6.42 Å². The van der Waals surface area contributed by atoms with Crippen molar-refractivity contribution in [1.29, 1.82) is 0 Å². The fourth-order valence-corrected chi connectivity index (χ4v) is 2.08. The summed E-state index contributed by atoms with van der Waals surface area (Å²) < 4.78 is 4.60. The van der Waals surface area contributed by atoms with Crippen LogP contribution in [0.15, 0.2) is 24.3 Å². The molecule has 0 saturated carbocycles. The highest BCUT2D eigenvalue weighted by Gasteiger charge is 2.37. The van der Waals surface area contributed by atoms with E-state index >= 15 is 0 Å². The van der Waals surface area contributed by atoms with Gasteiger partial charge in [0.05, 0.1) is 12.7 Å². The van der Waals surface area contributed by atoms with Crippen LogP contribution in [0.2, 0.25) is 0 Å². The van der Waals surface area contributed by atoms with Gasteiger partial charge in [0.2, 0.25) is 5.91 Å². The van der Waals surface area contributed by atoms with Crippen molar-refractivity contribution in [1.82, 2.24) is 0 Å². The topological polar surface area (TPSA) is 83.9 Å². The third kappa shape index (κ3) is 2.42. The zero-order chi connectivity index (χ0) is 14.0. The number of carboxylic acids is 1. The molecule has 1 heterocycles. The van der Waals surface area contributed by atoms with Gasteiger partial charge < -0.3 is 14.7 Å². The Hall–Kier alpha value is -2.37. The van der Waals surface area contributed by atoms with Crippen molar-refractivity contribution in [3.63, 3.8) is 0 Å². The number of ether oxygens (including phenoxy) is 1. The molecule has 1 amide bonds. The number of amides is 1. The molecule has 0 aromatic heterocycles. The van der Waals surface area contributed by atoms with Crippen molar-refractivity contribution in [3.05, 3.63) is 29.8 Å². The van der Waals surface area contributed by atoms with Crippen LogP contribution in [0.25, 0.3) is 0 Å². The minimum Gasteiger partial charge on any atom is -0.481 e. The van der Waals surface area contributed by atoms with Gasteiger partial charge in [-0.3, -0.25) is 9.59 Å². The van der Waals surface area contributed by atoms with Gasteiger partial charge in [0.15, 0.2) is 0 Å². The summed E-state index contributed by atoms with van der Waals surface area (Å²) in [5.41, 5.74) is 0.836. The van der Waals surface area contributed by atoms with Gasteiger partial charge in [-0.15, -0.1) is 0 Å². The van der Waals surface area contributed by atoms with Crippen LogP contribution < -0.4 is 4.90 Å². The van der Waals surface area contributed by atoms with Crippen molar-refractivity contribution in [2.24, 2.45) is 5.92 Å². The lowest BCUT2D eigenvalue weighted by atomic mass is 10.1. The van der Waals surface area contributed by atoms with Gasteiger partial charge >= 0.3 is 11.9 Å². The smallest absolute Gasteiger partial charge is 0.337 e. The first-order chi connectivity index (χ1) is 9.04. The van der Waals surface area contributed by atoms with E-state index in [1.54, 1.807) is 18.2 Å². The predicted molar refractivity (Wildman–Crippen MR) is 65.9 cm³/mol. The Bertz CT molecular complexity index is 540. The Morgan fingerprint density at radius 1 is 1.42 bits per heavy atom. The van der Waals surface area contributed by atoms with Crippen molar-refractivity contribution in [3.8, 4) is 0 Å². The van der Waals surface area contributed by atoms with Crippen molar-refractivity contribution >= 4 is 23.5 Å². The molecule has 100 valence electrons. The van der Waals surface area contributed by atoms with Gasteiger partial charge in [-0.1, -0.05) is 6.07 Å². The van der Waals surface area contributed by atoms with Crippen molar-refractivity contribution < 1.29 is 24.2 Å². The summed E-state index contributed by atoms with van der Waals surface area (Å²) in [4.78, 5) is 35.6. The van der Waals surface area contributed by atoms with Crippen LogP contribution >= 0.6 is 0 Å². The number of anilines is 1. The maximum absolute atomic E-state index is 11.9. The first kappa shape index (κ1) is 13.1. The van der Waals surface area contributed by atoms with E-state index in [1.165, 1.54) is 18.1 Å². The third-order valence-electron chi connectivity index (χ3n) is 3.08. The molecule has 1 saturated heterocycles. The molecule has 1 aromatic rings. The van der Waals surface area contributed by atoms with E-state index in [0.717, 1.165) is 0 Å².